The summed E-state index contributed by atoms with van der Waals surface area (Å²) < 4.78 is 21.3. The van der Waals surface area contributed by atoms with Crippen LogP contribution in [0.3, 0.4) is 0 Å². The Morgan fingerprint density at radius 3 is 1.04 bits per heavy atom. The molecule has 0 aromatic rings. The first-order valence-electron chi connectivity index (χ1n) is 60.8. The number of carbonyl (C=O) groups is 6. The number of allylic oxidation sites excluding steroid dienone is 4. The molecule has 0 radical (unpaired) electrons. The summed E-state index contributed by atoms with van der Waals surface area (Å²) in [5, 5.41) is 21.5. The maximum absolute atomic E-state index is 13.5. The fourth-order valence-electron chi connectivity index (χ4n) is 46.5. The third kappa shape index (κ3) is 18.2. The molecule has 0 aromatic heterocycles. The maximum atomic E-state index is 13.5. The summed E-state index contributed by atoms with van der Waals surface area (Å²) in [6.07, 6.45) is 49.5. The van der Waals surface area contributed by atoms with Gasteiger partial charge in [0, 0.05) is 63.9 Å². The Balaban J connectivity index is 0.000000151. The van der Waals surface area contributed by atoms with E-state index in [9.17, 15) is 39.0 Å². The van der Waals surface area contributed by atoms with Crippen LogP contribution in [-0.2, 0) is 47.7 Å². The SMILES string of the molecule is C=C(C)C1CC[C@]2(CO)CC[C@]3(C)[C@H](CC[C@@H]4[C@@]5(C)CC[C@H](O)C(C)(C)[C@@H]5CC[C@]43C)[C@@H]12.C=C(C)C1CC[C@]2(COC(C)=O)CC[C@]3(C)[C@H](CC[C@@H]4[C@@]5(C)CC[C@H](C)C(C)(C)[C@@H]5CC[C@]43C)[C@@H]12.CC(=O)OC(C)=O.CC(=O)OC[C@@]12CC[C@]3(C)[C@H](CC[C@@H]4[C@@]5(C)CC[C@H](C)C(C)(C)[C@@H]5CC[C@]43C)C1=C(C(C)C)C(=O)C2.CC(=O)OC[C@]12CCC(C(C)C)=C1[C@H]1CC[C@@H]3[C@@]4(C)CC[C@H](C)C(C)(C)[C@@H]4CC[C@@]3(C)[C@]1(C)CC2.[K+].[OH-]. The minimum absolute atomic E-state index is 0. The zero-order valence-electron chi connectivity index (χ0n) is 101. The topological polar surface area (TPSA) is 210 Å². The first-order chi connectivity index (χ1) is 67.1. The van der Waals surface area contributed by atoms with Gasteiger partial charge in [-0.2, -0.15) is 0 Å². The van der Waals surface area contributed by atoms with Crippen molar-refractivity contribution in [2.24, 2.45) is 233 Å². The monoisotopic (exact) mass is 2060 g/mol. The first kappa shape index (κ1) is 120. The molecule has 2 unspecified atom stereocenters. The Morgan fingerprint density at radius 2 is 0.673 bits per heavy atom. The van der Waals surface area contributed by atoms with E-state index >= 15 is 0 Å². The van der Waals surface area contributed by atoms with Crippen molar-refractivity contribution >= 4 is 35.6 Å². The summed E-state index contributed by atoms with van der Waals surface area (Å²) in [5.41, 5.74) is 14.7. The number of fused-ring (bicyclic) bond motifs is 28. The van der Waals surface area contributed by atoms with Gasteiger partial charge < -0.3 is 34.6 Å². The van der Waals surface area contributed by atoms with E-state index in [-0.39, 0.29) is 125 Å². The molecular formula is C133H217KO13. The molecule has 36 atom stereocenters. The van der Waals surface area contributed by atoms with Crippen LogP contribution in [0.15, 0.2) is 46.6 Å². The number of aliphatic hydroxyl groups is 2. The molecule has 0 aromatic carbocycles. The van der Waals surface area contributed by atoms with Gasteiger partial charge in [0.2, 0.25) is 0 Å². The van der Waals surface area contributed by atoms with Crippen molar-refractivity contribution < 1.29 is 115 Å². The van der Waals surface area contributed by atoms with Gasteiger partial charge in [-0.1, -0.05) is 222 Å². The van der Waals surface area contributed by atoms with Gasteiger partial charge in [-0.25, -0.2) is 0 Å². The molecule has 14 heteroatoms. The first-order valence-corrected chi connectivity index (χ1v) is 60.8. The predicted molar refractivity (Wildman–Crippen MR) is 591 cm³/mol. The normalized spacial score (nSPS) is 48.4. The summed E-state index contributed by atoms with van der Waals surface area (Å²) in [5.74, 6) is 13.4. The molecule has 3 N–H and O–H groups in total. The van der Waals surface area contributed by atoms with Crippen molar-refractivity contribution in [3.05, 3.63) is 46.6 Å². The van der Waals surface area contributed by atoms with Crippen molar-refractivity contribution in [2.45, 2.75) is 492 Å². The molecule has 0 saturated heterocycles. The van der Waals surface area contributed by atoms with Crippen LogP contribution in [-0.4, -0.2) is 83.9 Å². The van der Waals surface area contributed by atoms with E-state index in [0.29, 0.717) is 156 Å². The molecule has 0 spiro atoms. The number of ether oxygens (including phenoxy) is 4. The van der Waals surface area contributed by atoms with E-state index in [4.69, 9.17) is 14.2 Å². The van der Waals surface area contributed by atoms with Crippen molar-refractivity contribution in [3.63, 3.8) is 0 Å². The number of aliphatic hydroxyl groups excluding tert-OH is 2. The van der Waals surface area contributed by atoms with Crippen LogP contribution in [0.5, 0.6) is 0 Å². The Bertz CT molecular complexity index is 4990. The molecule has 13 nitrogen and oxygen atoms in total. The van der Waals surface area contributed by atoms with Crippen LogP contribution in [0.1, 0.15) is 486 Å². The van der Waals surface area contributed by atoms with Crippen LogP contribution >= 0.6 is 0 Å². The predicted octanol–water partition coefficient (Wildman–Crippen LogP) is 29.9. The summed E-state index contributed by atoms with van der Waals surface area (Å²) in [6, 6.07) is 0. The summed E-state index contributed by atoms with van der Waals surface area (Å²) in [7, 11) is 0. The number of esters is 5. The third-order valence-electron chi connectivity index (χ3n) is 55.8. The molecule has 20 rings (SSSR count). The van der Waals surface area contributed by atoms with Crippen LogP contribution in [0.2, 0.25) is 0 Å². The molecular weight excluding hydrogens is 1840 g/mol. The smallest absolute Gasteiger partial charge is 0.870 e. The molecule has 0 heterocycles. The number of rotatable bonds is 11. The van der Waals surface area contributed by atoms with E-state index in [1.54, 1.807) is 25.0 Å². The Hall–Kier alpha value is -2.30. The number of Topliss-reactive ketones (excluding diaryl/α,β-unsaturated/α-hetero) is 1. The standard InChI is InChI=1S/C33H52O3.2C33H54O2.C30H50O2.C4H6O3.K.H2O/c1-20(2)27-24(35)18-33(19-36-22(4)34)17-16-31(8)23(28(27)33)10-11-26-30(7)14-12-21(3)29(5,6)25(30)13-15-32(26,31)9;2*1-21(2)24-13-17-33(20-35-23(4)34)19-18-31(8)25(28(24)33)10-11-27-30(7)15-12-22(3)29(5,6)26(30)14-16-32(27,31)9;1-19(2)20-10-15-30(18-31)17-16-28(6)21(25(20)30)8-9-23-27(5)13-12-24(32)26(3,4)22(27)11-14-29(23,28)7;1-3(5)7-4(2)6;;/h20-21,23,25-26H,10-19H2,1-9H3;21-22,25-27H,10-20H2,1-9H3;22,24-28H,1,10-20H2,2-9H3;20-25,31-32H,1,8-18H2,2-7H3;1-2H3;;1H2/q;;;;;+1;/p-1/t21-,23+,25-,26+,30-,31+,32+,33-;22-,25+,26-,27+,30-,31+,32+,33+;22-,24?,25+,26-,27+,28+,30-,31+,32+,33+;20?,21-,22+,23-,24+,25-,27+,28-,29-,30-;;;/m0001.../s1. The fraction of sp³-hybridized carbons (Fsp3) is 0.895. The second kappa shape index (κ2) is 41.1. The van der Waals surface area contributed by atoms with Gasteiger partial charge >= 0.3 is 81.2 Å². The van der Waals surface area contributed by atoms with Crippen LogP contribution in [0, 0.1) is 233 Å². The van der Waals surface area contributed by atoms with Crippen LogP contribution < -0.4 is 51.4 Å². The van der Waals surface area contributed by atoms with Crippen LogP contribution in [0.25, 0.3) is 0 Å². The molecule has 0 amide bonds. The van der Waals surface area contributed by atoms with Crippen molar-refractivity contribution in [2.75, 3.05) is 26.4 Å². The zero-order chi connectivity index (χ0) is 107. The average molecular weight is 2060 g/mol. The fourth-order valence-corrected chi connectivity index (χ4v) is 46.5. The third-order valence-corrected chi connectivity index (χ3v) is 55.8. The van der Waals surface area contributed by atoms with Crippen molar-refractivity contribution in [1.82, 2.24) is 0 Å². The quantitative estimate of drug-likeness (QED) is 0.0649. The molecule has 828 valence electrons. The van der Waals surface area contributed by atoms with Gasteiger partial charge in [-0.3, -0.25) is 28.8 Å². The summed E-state index contributed by atoms with van der Waals surface area (Å²) in [4.78, 5) is 68.8. The van der Waals surface area contributed by atoms with Gasteiger partial charge in [0.15, 0.2) is 5.78 Å². The van der Waals surface area contributed by atoms with E-state index in [1.165, 1.54) is 262 Å². The van der Waals surface area contributed by atoms with E-state index in [1.807, 2.05) is 0 Å². The van der Waals surface area contributed by atoms with Gasteiger partial charge in [-0.15, -0.1) is 0 Å². The van der Waals surface area contributed by atoms with E-state index in [2.05, 4.69) is 219 Å². The van der Waals surface area contributed by atoms with Crippen molar-refractivity contribution in [1.29, 1.82) is 0 Å². The number of ketones is 1. The minimum atomic E-state index is -0.562. The second-order valence-corrected chi connectivity index (χ2v) is 62.3. The second-order valence-electron chi connectivity index (χ2n) is 62.3. The van der Waals surface area contributed by atoms with Crippen LogP contribution in [0.4, 0.5) is 0 Å². The Morgan fingerprint density at radius 1 is 0.340 bits per heavy atom. The number of carbonyl (C=O) groups excluding carboxylic acids is 6. The molecule has 18 saturated carbocycles. The minimum Gasteiger partial charge on any atom is -0.870 e. The summed E-state index contributed by atoms with van der Waals surface area (Å²) in [6.45, 7) is 91.7. The summed E-state index contributed by atoms with van der Waals surface area (Å²) >= 11 is 0. The maximum Gasteiger partial charge on any atom is 1.00 e. The molecule has 0 aliphatic heterocycles. The van der Waals surface area contributed by atoms with Gasteiger partial charge in [0.05, 0.1) is 12.7 Å². The van der Waals surface area contributed by atoms with Gasteiger partial charge in [0.25, 0.3) is 0 Å². The molecule has 0 bridgehead atoms. The van der Waals surface area contributed by atoms with Gasteiger partial charge in [0.1, 0.15) is 13.2 Å². The van der Waals surface area contributed by atoms with E-state index in [0.717, 1.165) is 95.9 Å². The largest absolute Gasteiger partial charge is 1.00 e. The average Bonchev–Trinajstić information content (AvgIpc) is 1.68. The molecule has 20 aliphatic rings. The number of hydrogen-bond donors (Lipinski definition) is 2. The Kier molecular flexibility index (Phi) is 33.6. The molecule has 147 heavy (non-hydrogen) atoms. The number of hydrogen-bond acceptors (Lipinski definition) is 13. The Labute approximate surface area is 939 Å². The zero-order valence-corrected chi connectivity index (χ0v) is 104. The molecule has 20 aliphatic carbocycles. The van der Waals surface area contributed by atoms with Crippen molar-refractivity contribution in [3.8, 4) is 0 Å². The van der Waals surface area contributed by atoms with Gasteiger partial charge in [-0.05, 0) is 485 Å². The molecule has 18 fully saturated rings. The van der Waals surface area contributed by atoms with E-state index < -0.39 is 11.9 Å².